The fraction of sp³-hybridized carbons (Fsp3) is 0.600. The second kappa shape index (κ2) is 6.30. The van der Waals surface area contributed by atoms with Crippen LogP contribution in [0.15, 0.2) is 23.0 Å². The summed E-state index contributed by atoms with van der Waals surface area (Å²) in [5.41, 5.74) is 0.0399. The van der Waals surface area contributed by atoms with Gasteiger partial charge in [-0.05, 0) is 12.5 Å². The van der Waals surface area contributed by atoms with Crippen molar-refractivity contribution >= 4 is 15.9 Å². The second-order valence-corrected chi connectivity index (χ2v) is 8.13. The van der Waals surface area contributed by atoms with Crippen molar-refractivity contribution in [2.24, 2.45) is 7.05 Å². The van der Waals surface area contributed by atoms with Gasteiger partial charge in [0, 0.05) is 32.7 Å². The highest BCUT2D eigenvalue weighted by molar-refractivity contribution is 7.88. The van der Waals surface area contributed by atoms with E-state index in [4.69, 9.17) is 4.74 Å². The van der Waals surface area contributed by atoms with Gasteiger partial charge in [-0.2, -0.15) is 4.31 Å². The predicted octanol–water partition coefficient (Wildman–Crippen LogP) is -0.740. The minimum absolute atomic E-state index is 0.197. The molecule has 132 valence electrons. The normalized spacial score (nSPS) is 25.3. The van der Waals surface area contributed by atoms with Crippen LogP contribution in [0, 0.1) is 0 Å². The molecule has 0 unspecified atom stereocenters. The van der Waals surface area contributed by atoms with Crippen LogP contribution in [0.2, 0.25) is 0 Å². The Morgan fingerprint density at radius 1 is 1.29 bits per heavy atom. The number of amides is 1. The van der Waals surface area contributed by atoms with Crippen molar-refractivity contribution in [3.63, 3.8) is 0 Å². The van der Waals surface area contributed by atoms with E-state index < -0.39 is 10.0 Å². The quantitative estimate of drug-likeness (QED) is 0.697. The Morgan fingerprint density at radius 2 is 2.04 bits per heavy atom. The van der Waals surface area contributed by atoms with E-state index in [9.17, 15) is 18.0 Å². The second-order valence-electron chi connectivity index (χ2n) is 6.20. The highest BCUT2D eigenvalue weighted by atomic mass is 32.2. The number of fused-ring (bicyclic) bond motifs is 1. The van der Waals surface area contributed by atoms with Gasteiger partial charge >= 0.3 is 0 Å². The summed E-state index contributed by atoms with van der Waals surface area (Å²) < 4.78 is 32.4. The van der Waals surface area contributed by atoms with Gasteiger partial charge in [0.05, 0.1) is 25.0 Å². The molecule has 0 saturated carbocycles. The fourth-order valence-corrected chi connectivity index (χ4v) is 4.48. The highest BCUT2D eigenvalue weighted by Crippen LogP contribution is 2.25. The first-order chi connectivity index (χ1) is 11.3. The van der Waals surface area contributed by atoms with Crippen LogP contribution < -0.4 is 5.56 Å². The van der Waals surface area contributed by atoms with Crippen molar-refractivity contribution in [2.75, 3.05) is 32.5 Å². The van der Waals surface area contributed by atoms with Crippen LogP contribution in [0.5, 0.6) is 0 Å². The minimum Gasteiger partial charge on any atom is -0.375 e. The first-order valence-electron chi connectivity index (χ1n) is 7.83. The number of sulfonamides is 1. The number of carbonyl (C=O) groups is 1. The number of hydrogen-bond donors (Lipinski definition) is 0. The van der Waals surface area contributed by atoms with Crippen LogP contribution in [0.25, 0.3) is 0 Å². The minimum atomic E-state index is -3.36. The molecular weight excluding hydrogens is 334 g/mol. The molecule has 2 fully saturated rings. The number of likely N-dealkylation sites (tertiary alicyclic amines) is 1. The summed E-state index contributed by atoms with van der Waals surface area (Å²) in [5.74, 6) is -0.271. The molecule has 0 aliphatic carbocycles. The maximum Gasteiger partial charge on any atom is 0.270 e. The van der Waals surface area contributed by atoms with E-state index >= 15 is 0 Å². The predicted molar refractivity (Wildman–Crippen MR) is 87.3 cm³/mol. The zero-order valence-corrected chi connectivity index (χ0v) is 14.5. The van der Waals surface area contributed by atoms with E-state index in [-0.39, 0.29) is 30.2 Å². The van der Waals surface area contributed by atoms with Gasteiger partial charge in [-0.3, -0.25) is 9.59 Å². The molecule has 9 heteroatoms. The summed E-state index contributed by atoms with van der Waals surface area (Å²) in [5, 5.41) is 0. The van der Waals surface area contributed by atoms with E-state index in [0.29, 0.717) is 31.8 Å². The van der Waals surface area contributed by atoms with Crippen LogP contribution in [0.4, 0.5) is 0 Å². The molecule has 0 bridgehead atoms. The van der Waals surface area contributed by atoms with Crippen molar-refractivity contribution in [1.82, 2.24) is 13.8 Å². The molecule has 0 spiro atoms. The summed E-state index contributed by atoms with van der Waals surface area (Å²) in [6.07, 6.45) is 1.55. The zero-order valence-electron chi connectivity index (χ0n) is 13.7. The number of carbonyl (C=O) groups excluding carboxylic acids is 1. The third-order valence-electron chi connectivity index (χ3n) is 4.65. The lowest BCUT2D eigenvalue weighted by Gasteiger charge is -2.45. The monoisotopic (exact) mass is 355 g/mol. The molecule has 0 aromatic carbocycles. The van der Waals surface area contributed by atoms with Gasteiger partial charge in [-0.15, -0.1) is 0 Å². The number of morpholine rings is 1. The summed E-state index contributed by atoms with van der Waals surface area (Å²) in [6, 6.07) is 4.16. The summed E-state index contributed by atoms with van der Waals surface area (Å²) in [4.78, 5) is 26.1. The Morgan fingerprint density at radius 3 is 2.75 bits per heavy atom. The maximum absolute atomic E-state index is 12.8. The van der Waals surface area contributed by atoms with Gasteiger partial charge in [0.1, 0.15) is 5.69 Å². The lowest BCUT2D eigenvalue weighted by molar-refractivity contribution is -0.0705. The molecule has 8 nitrogen and oxygen atoms in total. The summed E-state index contributed by atoms with van der Waals surface area (Å²) >= 11 is 0. The number of piperidine rings is 1. The average Bonchev–Trinajstić information content (AvgIpc) is 2.55. The molecule has 24 heavy (non-hydrogen) atoms. The van der Waals surface area contributed by atoms with Crippen molar-refractivity contribution in [3.05, 3.63) is 34.2 Å². The maximum atomic E-state index is 12.8. The smallest absolute Gasteiger partial charge is 0.270 e. The summed E-state index contributed by atoms with van der Waals surface area (Å²) in [6.45, 7) is 1.40. The largest absolute Gasteiger partial charge is 0.375 e. The number of rotatable bonds is 2. The lowest BCUT2D eigenvalue weighted by Crippen LogP contribution is -2.62. The first-order valence-corrected chi connectivity index (χ1v) is 9.67. The third kappa shape index (κ3) is 3.11. The van der Waals surface area contributed by atoms with Gasteiger partial charge in [0.15, 0.2) is 0 Å². The van der Waals surface area contributed by atoms with E-state index in [1.807, 2.05) is 0 Å². The van der Waals surface area contributed by atoms with Gasteiger partial charge in [0.25, 0.3) is 11.5 Å². The van der Waals surface area contributed by atoms with Crippen molar-refractivity contribution in [1.29, 1.82) is 0 Å². The summed E-state index contributed by atoms with van der Waals surface area (Å²) in [7, 11) is -1.81. The topological polar surface area (TPSA) is 88.9 Å². The Labute approximate surface area is 140 Å². The van der Waals surface area contributed by atoms with Crippen molar-refractivity contribution in [3.8, 4) is 0 Å². The van der Waals surface area contributed by atoms with E-state index in [0.717, 1.165) is 0 Å². The van der Waals surface area contributed by atoms with Crippen molar-refractivity contribution in [2.45, 2.75) is 18.6 Å². The van der Waals surface area contributed by atoms with Crippen LogP contribution in [0.3, 0.4) is 0 Å². The fourth-order valence-electron chi connectivity index (χ4n) is 3.38. The number of hydrogen-bond acceptors (Lipinski definition) is 5. The molecule has 1 aromatic rings. The van der Waals surface area contributed by atoms with Gasteiger partial charge < -0.3 is 14.2 Å². The van der Waals surface area contributed by atoms with E-state index in [2.05, 4.69) is 0 Å². The molecule has 0 N–H and O–H groups in total. The molecule has 1 aromatic heterocycles. The van der Waals surface area contributed by atoms with Gasteiger partial charge in [0.2, 0.25) is 10.0 Å². The Kier molecular flexibility index (Phi) is 4.50. The van der Waals surface area contributed by atoms with Crippen molar-refractivity contribution < 1.29 is 17.9 Å². The molecule has 3 heterocycles. The number of aromatic nitrogens is 1. The van der Waals surface area contributed by atoms with E-state index in [1.54, 1.807) is 24.1 Å². The van der Waals surface area contributed by atoms with E-state index in [1.165, 1.54) is 21.2 Å². The standard InChI is InChI=1S/C15H21N3O5S/c1-16-11(4-3-5-14(16)19)15(20)17-7-6-13-12(10-17)18(8-9-23-13)24(2,21)22/h3-5,12-13H,6-10H2,1-2H3/t12-,13-/m0/s1. The van der Waals surface area contributed by atoms with Gasteiger partial charge in [-0.25, -0.2) is 8.42 Å². The number of nitrogens with zero attached hydrogens (tertiary/aromatic N) is 3. The third-order valence-corrected chi connectivity index (χ3v) is 5.96. The Bertz CT molecular complexity index is 804. The zero-order chi connectivity index (χ0) is 17.5. The SMILES string of the molecule is Cn1c(C(=O)N2CC[C@@H]3OCCN(S(C)(=O)=O)[C@H]3C2)cccc1=O. The molecular formula is C15H21N3O5S. The number of pyridine rings is 1. The first kappa shape index (κ1) is 17.1. The molecule has 0 radical (unpaired) electrons. The average molecular weight is 355 g/mol. The Balaban J connectivity index is 1.85. The molecule has 2 aliphatic heterocycles. The van der Waals surface area contributed by atoms with Crippen LogP contribution in [-0.4, -0.2) is 72.7 Å². The lowest BCUT2D eigenvalue weighted by atomic mass is 10.00. The van der Waals surface area contributed by atoms with Gasteiger partial charge in [-0.1, -0.05) is 6.07 Å². The highest BCUT2D eigenvalue weighted by Gasteiger charge is 2.42. The molecule has 1 amide bonds. The van der Waals surface area contributed by atoms with Crippen LogP contribution >= 0.6 is 0 Å². The number of ether oxygens (including phenoxy) is 1. The molecule has 2 aliphatic rings. The molecule has 3 rings (SSSR count). The van der Waals surface area contributed by atoms with Crippen LogP contribution in [-0.2, 0) is 21.8 Å². The van der Waals surface area contributed by atoms with Crippen LogP contribution in [0.1, 0.15) is 16.9 Å². The Hall–Kier alpha value is -1.71. The molecule has 2 atom stereocenters. The molecule has 2 saturated heterocycles.